The second kappa shape index (κ2) is 9.16. The Hall–Kier alpha value is -1.76. The minimum absolute atomic E-state index is 0.0543. The van der Waals surface area contributed by atoms with E-state index in [1.54, 1.807) is 6.08 Å². The molecule has 3 aliphatic rings. The molecule has 0 bridgehead atoms. The molecule has 2 saturated carbocycles. The van der Waals surface area contributed by atoms with E-state index < -0.39 is 11.7 Å². The lowest BCUT2D eigenvalue weighted by Crippen LogP contribution is -2.41. The van der Waals surface area contributed by atoms with Crippen molar-refractivity contribution in [3.05, 3.63) is 40.3 Å². The number of carbonyl (C=O) groups excluding carboxylic acids is 1. The summed E-state index contributed by atoms with van der Waals surface area (Å²) < 4.78 is 38.5. The molecule has 0 aromatic heterocycles. The van der Waals surface area contributed by atoms with Gasteiger partial charge < -0.3 is 0 Å². The highest BCUT2D eigenvalue weighted by Crippen LogP contribution is 2.38. The second-order valence-electron chi connectivity index (χ2n) is 8.40. The van der Waals surface area contributed by atoms with Crippen LogP contribution in [0, 0.1) is 0 Å². The van der Waals surface area contributed by atoms with Crippen molar-refractivity contribution in [1.82, 2.24) is 4.90 Å². The quantitative estimate of drug-likeness (QED) is 0.497. The summed E-state index contributed by atoms with van der Waals surface area (Å²) in [6.45, 7) is 0. The number of amides is 1. The summed E-state index contributed by atoms with van der Waals surface area (Å²) in [6.07, 6.45) is 8.50. The van der Waals surface area contributed by atoms with E-state index >= 15 is 0 Å². The third kappa shape index (κ3) is 4.93. The number of hydrogen-bond donors (Lipinski definition) is 0. The molecule has 1 aromatic rings. The van der Waals surface area contributed by atoms with Crippen molar-refractivity contribution in [3.63, 3.8) is 0 Å². The van der Waals surface area contributed by atoms with Crippen molar-refractivity contribution in [2.24, 2.45) is 4.99 Å². The first-order valence-electron chi connectivity index (χ1n) is 10.9. The monoisotopic (exact) mass is 436 g/mol. The zero-order chi connectivity index (χ0) is 21.1. The lowest BCUT2D eigenvalue weighted by molar-refractivity contribution is -0.137. The van der Waals surface area contributed by atoms with Gasteiger partial charge in [0.2, 0.25) is 0 Å². The van der Waals surface area contributed by atoms with Crippen molar-refractivity contribution in [2.45, 2.75) is 82.5 Å². The molecule has 162 valence electrons. The van der Waals surface area contributed by atoms with Gasteiger partial charge in [-0.25, -0.2) is 0 Å². The molecule has 2 aliphatic carbocycles. The zero-order valence-electron chi connectivity index (χ0n) is 17.0. The molecule has 0 atom stereocenters. The number of hydrogen-bond acceptors (Lipinski definition) is 3. The third-order valence-electron chi connectivity index (χ3n) is 6.18. The molecule has 0 N–H and O–H groups in total. The van der Waals surface area contributed by atoms with Gasteiger partial charge in [0.1, 0.15) is 0 Å². The average molecular weight is 437 g/mol. The molecule has 0 unspecified atom stereocenters. The highest BCUT2D eigenvalue weighted by Gasteiger charge is 2.39. The number of carbonyl (C=O) groups is 1. The maximum absolute atomic E-state index is 13.3. The number of alkyl halides is 3. The number of amidine groups is 1. The van der Waals surface area contributed by atoms with Gasteiger partial charge >= 0.3 is 6.18 Å². The fourth-order valence-electron chi connectivity index (χ4n) is 4.52. The maximum atomic E-state index is 13.3. The van der Waals surface area contributed by atoms with Crippen LogP contribution in [0.25, 0.3) is 6.08 Å². The van der Waals surface area contributed by atoms with Gasteiger partial charge in [-0.2, -0.15) is 13.2 Å². The van der Waals surface area contributed by atoms with E-state index in [9.17, 15) is 18.0 Å². The van der Waals surface area contributed by atoms with Crippen LogP contribution in [-0.2, 0) is 11.0 Å². The highest BCUT2D eigenvalue weighted by atomic mass is 32.2. The molecule has 1 aromatic carbocycles. The number of benzene rings is 1. The third-order valence-corrected chi connectivity index (χ3v) is 7.18. The van der Waals surface area contributed by atoms with Gasteiger partial charge in [0.15, 0.2) is 5.17 Å². The summed E-state index contributed by atoms with van der Waals surface area (Å²) in [5, 5.41) is 0.789. The van der Waals surface area contributed by atoms with Gasteiger partial charge in [-0.3, -0.25) is 14.7 Å². The first-order valence-corrected chi connectivity index (χ1v) is 11.7. The number of halogens is 3. The Bertz CT molecular complexity index is 820. The van der Waals surface area contributed by atoms with Crippen LogP contribution in [0.2, 0.25) is 0 Å². The average Bonchev–Trinajstić information content (AvgIpc) is 3.04. The van der Waals surface area contributed by atoms with Crippen LogP contribution in [0.15, 0.2) is 34.2 Å². The predicted octanol–water partition coefficient (Wildman–Crippen LogP) is 6.64. The summed E-state index contributed by atoms with van der Waals surface area (Å²) >= 11 is 1.38. The summed E-state index contributed by atoms with van der Waals surface area (Å²) in [5.41, 5.74) is -0.0835. The Morgan fingerprint density at radius 2 is 1.53 bits per heavy atom. The van der Waals surface area contributed by atoms with Crippen molar-refractivity contribution in [2.75, 3.05) is 0 Å². The predicted molar refractivity (Wildman–Crippen MR) is 115 cm³/mol. The van der Waals surface area contributed by atoms with E-state index in [2.05, 4.69) is 0 Å². The van der Waals surface area contributed by atoms with E-state index in [0.29, 0.717) is 10.5 Å². The van der Waals surface area contributed by atoms with E-state index in [1.165, 1.54) is 49.6 Å². The van der Waals surface area contributed by atoms with Crippen molar-refractivity contribution in [3.8, 4) is 0 Å². The van der Waals surface area contributed by atoms with Gasteiger partial charge in [0.05, 0.1) is 16.5 Å². The van der Waals surface area contributed by atoms with E-state index in [-0.39, 0.29) is 18.0 Å². The van der Waals surface area contributed by atoms with Crippen molar-refractivity contribution in [1.29, 1.82) is 0 Å². The summed E-state index contributed by atoms with van der Waals surface area (Å²) in [4.78, 5) is 20.7. The molecule has 0 spiro atoms. The van der Waals surface area contributed by atoms with Gasteiger partial charge in [0.25, 0.3) is 5.91 Å². The minimum atomic E-state index is -4.36. The number of rotatable bonds is 3. The Kier molecular flexibility index (Phi) is 6.56. The molecule has 4 rings (SSSR count). The van der Waals surface area contributed by atoms with Crippen molar-refractivity contribution >= 4 is 28.9 Å². The van der Waals surface area contributed by atoms with Crippen LogP contribution in [0.1, 0.15) is 75.3 Å². The van der Waals surface area contributed by atoms with E-state index in [0.717, 1.165) is 55.8 Å². The summed E-state index contributed by atoms with van der Waals surface area (Å²) in [6, 6.07) is 5.42. The molecule has 0 radical (unpaired) electrons. The van der Waals surface area contributed by atoms with Gasteiger partial charge in [-0.15, -0.1) is 0 Å². The Labute approximate surface area is 179 Å². The van der Waals surface area contributed by atoms with Crippen LogP contribution >= 0.6 is 11.8 Å². The lowest BCUT2D eigenvalue weighted by Gasteiger charge is -2.31. The topological polar surface area (TPSA) is 32.7 Å². The van der Waals surface area contributed by atoms with Gasteiger partial charge in [-0.1, -0.05) is 50.7 Å². The largest absolute Gasteiger partial charge is 0.416 e. The van der Waals surface area contributed by atoms with E-state index in [1.807, 2.05) is 4.90 Å². The molecular formula is C23H27F3N2OS. The fourth-order valence-corrected chi connectivity index (χ4v) is 5.63. The smallest absolute Gasteiger partial charge is 0.284 e. The molecule has 1 amide bonds. The molecule has 1 heterocycles. The molecule has 30 heavy (non-hydrogen) atoms. The van der Waals surface area contributed by atoms with Gasteiger partial charge in [0, 0.05) is 6.04 Å². The lowest BCUT2D eigenvalue weighted by atomic mass is 9.94. The number of nitrogens with zero attached hydrogens (tertiary/aromatic N) is 2. The standard InChI is InChI=1S/C23H27F3N2OS/c24-23(25,26)17-13-11-16(12-14-17)15-20-21(29)28(19-9-5-2-6-10-19)22(30-20)27-18-7-3-1-4-8-18/h11-15,18-19H,1-10H2. The SMILES string of the molecule is O=C1C(=Cc2ccc(C(F)(F)F)cc2)SC(=NC2CCCCC2)N1C1CCCCC1. The van der Waals surface area contributed by atoms with Gasteiger partial charge in [-0.05, 0) is 61.2 Å². The molecule has 1 saturated heterocycles. The first kappa shape index (κ1) is 21.5. The molecule has 3 nitrogen and oxygen atoms in total. The minimum Gasteiger partial charge on any atom is -0.284 e. The Balaban J connectivity index is 1.60. The maximum Gasteiger partial charge on any atom is 0.416 e. The highest BCUT2D eigenvalue weighted by molar-refractivity contribution is 8.18. The van der Waals surface area contributed by atoms with Crippen LogP contribution in [0.3, 0.4) is 0 Å². The molecular weight excluding hydrogens is 409 g/mol. The zero-order valence-corrected chi connectivity index (χ0v) is 17.8. The number of thioether (sulfide) groups is 1. The second-order valence-corrected chi connectivity index (χ2v) is 9.41. The normalized spacial score (nSPS) is 24.9. The summed E-state index contributed by atoms with van der Waals surface area (Å²) in [5.74, 6) is -0.0543. The van der Waals surface area contributed by atoms with Crippen molar-refractivity contribution < 1.29 is 18.0 Å². The van der Waals surface area contributed by atoms with Crippen LogP contribution in [-0.4, -0.2) is 28.1 Å². The molecule has 7 heteroatoms. The summed E-state index contributed by atoms with van der Waals surface area (Å²) in [7, 11) is 0. The molecule has 3 fully saturated rings. The van der Waals surface area contributed by atoms with Crippen LogP contribution < -0.4 is 0 Å². The Morgan fingerprint density at radius 3 is 2.13 bits per heavy atom. The fraction of sp³-hybridized carbons (Fsp3) is 0.565. The van der Waals surface area contributed by atoms with Crippen LogP contribution in [0.4, 0.5) is 13.2 Å². The first-order chi connectivity index (χ1) is 14.4. The Morgan fingerprint density at radius 1 is 0.933 bits per heavy atom. The van der Waals surface area contributed by atoms with Crippen LogP contribution in [0.5, 0.6) is 0 Å². The van der Waals surface area contributed by atoms with E-state index in [4.69, 9.17) is 4.99 Å². The molecule has 1 aliphatic heterocycles. The number of aliphatic imine (C=N–C) groups is 1.